The van der Waals surface area contributed by atoms with Gasteiger partial charge in [0.15, 0.2) is 22.3 Å². The average Bonchev–Trinajstić information content (AvgIpc) is 3.43. The number of hydrazine groups is 1. The van der Waals surface area contributed by atoms with Gasteiger partial charge in [-0.05, 0) is 32.0 Å². The normalized spacial score (nSPS) is 17.8. The summed E-state index contributed by atoms with van der Waals surface area (Å²) < 4.78 is 4.91. The largest absolute Gasteiger partial charge is 0.504 e. The van der Waals surface area contributed by atoms with Crippen LogP contribution in [0.25, 0.3) is 0 Å². The number of rotatable bonds is 10. The molecular formula is C26H27N7O11S2. The third-order valence-electron chi connectivity index (χ3n) is 6.40. The van der Waals surface area contributed by atoms with Gasteiger partial charge in [0.1, 0.15) is 29.4 Å². The van der Waals surface area contributed by atoms with Gasteiger partial charge in [-0.2, -0.15) is 0 Å². The van der Waals surface area contributed by atoms with Crippen LogP contribution < -0.4 is 21.9 Å². The first kappa shape index (κ1) is 33.5. The Morgan fingerprint density at radius 2 is 1.89 bits per heavy atom. The van der Waals surface area contributed by atoms with Gasteiger partial charge in [-0.3, -0.25) is 39.7 Å². The molecule has 1 unspecified atom stereocenters. The zero-order chi connectivity index (χ0) is 33.9. The molecule has 8 N–H and O–H groups in total. The molecule has 1 aromatic heterocycles. The third-order valence-corrected chi connectivity index (χ3v) is 8.42. The first-order chi connectivity index (χ1) is 21.6. The van der Waals surface area contributed by atoms with Crippen LogP contribution in [0.4, 0.5) is 5.13 Å². The number of anilines is 1. The minimum Gasteiger partial charge on any atom is -0.504 e. The van der Waals surface area contributed by atoms with Crippen molar-refractivity contribution >= 4 is 69.5 Å². The van der Waals surface area contributed by atoms with E-state index in [0.29, 0.717) is 0 Å². The Kier molecular flexibility index (Phi) is 9.71. The molecule has 0 aliphatic carbocycles. The standard InChI is InChI=1S/C26H27N7O11S2/c1-10(34)43-7-12-8-45-22-17(21(39)33(22)18(12)23(40)41)29-20(38)16(13-9-46-25(27)28-13)32-44-26(2,3)24(42)31-30-19(37)11-4-5-14(35)15(36)6-11/h4-6,9,17,22,35-36H,7-8H2,1-3H3,(H2,27,28)(H,29,38)(H,30,37)(H,31,42)(H,40,41)/t17?,22-/m0/s1. The first-order valence-electron chi connectivity index (χ1n) is 13.0. The Bertz CT molecular complexity index is 1690. The van der Waals surface area contributed by atoms with Gasteiger partial charge in [-0.1, -0.05) is 5.16 Å². The smallest absolute Gasteiger partial charge is 0.352 e. The van der Waals surface area contributed by atoms with E-state index < -0.39 is 69.8 Å². The number of phenolic OH excluding ortho intramolecular Hbond substituents is 2. The number of esters is 1. The summed E-state index contributed by atoms with van der Waals surface area (Å²) in [5, 5.41) is 35.7. The number of hydrogen-bond acceptors (Lipinski definition) is 15. The molecule has 0 bridgehead atoms. The number of phenols is 2. The van der Waals surface area contributed by atoms with E-state index in [1.165, 1.54) is 25.3 Å². The summed E-state index contributed by atoms with van der Waals surface area (Å²) in [6.07, 6.45) is 0. The molecule has 4 rings (SSSR count). The van der Waals surface area contributed by atoms with Crippen molar-refractivity contribution in [1.29, 1.82) is 0 Å². The van der Waals surface area contributed by atoms with E-state index in [1.54, 1.807) is 0 Å². The molecular weight excluding hydrogens is 650 g/mol. The van der Waals surface area contributed by atoms with Gasteiger partial charge in [0, 0.05) is 29.2 Å². The van der Waals surface area contributed by atoms with E-state index in [0.717, 1.165) is 47.1 Å². The zero-order valence-electron chi connectivity index (χ0n) is 24.2. The topological polar surface area (TPSA) is 272 Å². The second kappa shape index (κ2) is 13.3. The number of carbonyl (C=O) groups is 6. The number of nitrogens with one attached hydrogen (secondary N) is 3. The summed E-state index contributed by atoms with van der Waals surface area (Å²) in [6.45, 7) is 3.39. The molecule has 1 aromatic carbocycles. The number of carbonyl (C=O) groups excluding carboxylic acids is 5. The SMILES string of the molecule is CC(=O)OCC1=C(C(=O)O)N2C(=O)C(NC(=O)C(=NOC(C)(C)C(=O)NNC(=O)c3ccc(O)c(O)c3)c3csc(N)n3)[C@@H]2SC1. The molecule has 2 aromatic rings. The van der Waals surface area contributed by atoms with Gasteiger partial charge in [0.25, 0.3) is 23.6 Å². The fraction of sp³-hybridized carbons (Fsp3) is 0.308. The van der Waals surface area contributed by atoms with Crippen molar-refractivity contribution in [1.82, 2.24) is 26.1 Å². The average molecular weight is 678 g/mol. The van der Waals surface area contributed by atoms with Crippen molar-refractivity contribution in [3.63, 3.8) is 0 Å². The number of aromatic nitrogens is 1. The lowest BCUT2D eigenvalue weighted by Gasteiger charge is -2.49. The number of nitrogens with zero attached hydrogens (tertiary/aromatic N) is 3. The number of thiazole rings is 1. The van der Waals surface area contributed by atoms with Crippen molar-refractivity contribution < 1.29 is 53.7 Å². The van der Waals surface area contributed by atoms with E-state index in [9.17, 15) is 44.1 Å². The summed E-state index contributed by atoms with van der Waals surface area (Å²) >= 11 is 2.12. The minimum atomic E-state index is -1.81. The third kappa shape index (κ3) is 7.12. The lowest BCUT2D eigenvalue weighted by atomic mass is 10.0. The molecule has 20 heteroatoms. The molecule has 46 heavy (non-hydrogen) atoms. The number of benzene rings is 1. The molecule has 2 aliphatic heterocycles. The van der Waals surface area contributed by atoms with Crippen molar-refractivity contribution in [2.75, 3.05) is 18.1 Å². The number of oxime groups is 1. The van der Waals surface area contributed by atoms with E-state index in [4.69, 9.17) is 15.3 Å². The monoisotopic (exact) mass is 677 g/mol. The molecule has 0 spiro atoms. The van der Waals surface area contributed by atoms with Crippen LogP contribution in [0, 0.1) is 0 Å². The Balaban J connectivity index is 1.46. The summed E-state index contributed by atoms with van der Waals surface area (Å²) in [5.41, 5.74) is 7.43. The Morgan fingerprint density at radius 1 is 1.17 bits per heavy atom. The van der Waals surface area contributed by atoms with Gasteiger partial charge in [0.2, 0.25) is 5.60 Å². The van der Waals surface area contributed by atoms with Crippen LogP contribution in [0.3, 0.4) is 0 Å². The molecule has 244 valence electrons. The number of carboxylic acids is 1. The highest BCUT2D eigenvalue weighted by molar-refractivity contribution is 8.00. The number of β-lactam (4-membered cyclic amide) rings is 1. The molecule has 1 saturated heterocycles. The maximum absolute atomic E-state index is 13.4. The quantitative estimate of drug-likeness (QED) is 0.0544. The Labute approximate surface area is 267 Å². The summed E-state index contributed by atoms with van der Waals surface area (Å²) in [6, 6.07) is 2.09. The molecule has 1 fully saturated rings. The van der Waals surface area contributed by atoms with Crippen LogP contribution >= 0.6 is 23.1 Å². The molecule has 18 nitrogen and oxygen atoms in total. The fourth-order valence-corrected chi connectivity index (χ4v) is 5.87. The second-order valence-electron chi connectivity index (χ2n) is 10.1. The number of thioether (sulfide) groups is 1. The molecule has 0 radical (unpaired) electrons. The highest BCUT2D eigenvalue weighted by atomic mass is 32.2. The number of carboxylic acid groups (broad SMARTS) is 1. The predicted octanol–water partition coefficient (Wildman–Crippen LogP) is -0.601. The van der Waals surface area contributed by atoms with E-state index >= 15 is 0 Å². The highest BCUT2D eigenvalue weighted by Crippen LogP contribution is 2.40. The lowest BCUT2D eigenvalue weighted by Crippen LogP contribution is -2.71. The zero-order valence-corrected chi connectivity index (χ0v) is 25.9. The fourth-order valence-electron chi connectivity index (χ4n) is 4.00. The molecule has 3 heterocycles. The summed E-state index contributed by atoms with van der Waals surface area (Å²) in [7, 11) is 0. The molecule has 4 amide bonds. The number of ether oxygens (including phenoxy) is 1. The number of amides is 4. The number of hydrogen-bond donors (Lipinski definition) is 7. The maximum Gasteiger partial charge on any atom is 0.352 e. The molecule has 2 atom stereocenters. The van der Waals surface area contributed by atoms with Crippen molar-refractivity contribution in [2.45, 2.75) is 37.8 Å². The van der Waals surface area contributed by atoms with Crippen molar-refractivity contribution in [3.8, 4) is 11.5 Å². The minimum absolute atomic E-state index is 0.0497. The van der Waals surface area contributed by atoms with Crippen LogP contribution in [0.5, 0.6) is 11.5 Å². The first-order valence-corrected chi connectivity index (χ1v) is 15.0. The van der Waals surface area contributed by atoms with Crippen LogP contribution in [0.15, 0.2) is 40.0 Å². The van der Waals surface area contributed by atoms with Gasteiger partial charge in [-0.15, -0.1) is 23.1 Å². The number of nitrogens with two attached hydrogens (primary N) is 1. The highest BCUT2D eigenvalue weighted by Gasteiger charge is 2.54. The maximum atomic E-state index is 13.4. The van der Waals surface area contributed by atoms with Crippen LogP contribution in [-0.4, -0.2) is 95.9 Å². The lowest BCUT2D eigenvalue weighted by molar-refractivity contribution is -0.150. The van der Waals surface area contributed by atoms with E-state index in [1.807, 2.05) is 0 Å². The van der Waals surface area contributed by atoms with Crippen LogP contribution in [0.2, 0.25) is 0 Å². The summed E-state index contributed by atoms with van der Waals surface area (Å²) in [5.74, 6) is -6.35. The molecule has 2 aliphatic rings. The van der Waals surface area contributed by atoms with Gasteiger partial charge >= 0.3 is 11.9 Å². The molecule has 0 saturated carbocycles. The van der Waals surface area contributed by atoms with Crippen molar-refractivity contribution in [2.24, 2.45) is 5.16 Å². The Hall–Kier alpha value is -5.37. The number of aliphatic carboxylic acids is 1. The van der Waals surface area contributed by atoms with Gasteiger partial charge < -0.3 is 35.9 Å². The van der Waals surface area contributed by atoms with Gasteiger partial charge in [-0.25, -0.2) is 9.78 Å². The Morgan fingerprint density at radius 3 is 2.50 bits per heavy atom. The predicted molar refractivity (Wildman–Crippen MR) is 160 cm³/mol. The van der Waals surface area contributed by atoms with Crippen LogP contribution in [-0.2, 0) is 33.5 Å². The number of nitrogen functional groups attached to an aromatic ring is 1. The van der Waals surface area contributed by atoms with Crippen LogP contribution in [0.1, 0.15) is 36.8 Å². The second-order valence-corrected chi connectivity index (χ2v) is 12.1. The van der Waals surface area contributed by atoms with E-state index in [-0.39, 0.29) is 40.0 Å². The van der Waals surface area contributed by atoms with Crippen molar-refractivity contribution in [3.05, 3.63) is 46.1 Å². The van der Waals surface area contributed by atoms with E-state index in [2.05, 4.69) is 26.3 Å². The summed E-state index contributed by atoms with van der Waals surface area (Å²) in [4.78, 5) is 85.1. The number of aromatic hydroxyl groups is 2. The number of fused-ring (bicyclic) bond motifs is 1. The van der Waals surface area contributed by atoms with Gasteiger partial charge in [0.05, 0.1) is 0 Å².